The van der Waals surface area contributed by atoms with Crippen molar-refractivity contribution < 1.29 is 17.9 Å². The van der Waals surface area contributed by atoms with Crippen LogP contribution in [0.5, 0.6) is 5.75 Å². The lowest BCUT2D eigenvalue weighted by Crippen LogP contribution is -2.16. The van der Waals surface area contributed by atoms with Gasteiger partial charge in [0.1, 0.15) is 5.75 Å². The lowest BCUT2D eigenvalue weighted by Gasteiger charge is -2.08. The van der Waals surface area contributed by atoms with Gasteiger partial charge in [-0.1, -0.05) is 42.5 Å². The van der Waals surface area contributed by atoms with Crippen LogP contribution in [-0.2, 0) is 27.6 Å². The minimum absolute atomic E-state index is 0.158. The van der Waals surface area contributed by atoms with E-state index >= 15 is 0 Å². The van der Waals surface area contributed by atoms with E-state index in [4.69, 9.17) is 4.74 Å². The lowest BCUT2D eigenvalue weighted by atomic mass is 10.1. The molecule has 0 aliphatic carbocycles. The third-order valence-electron chi connectivity index (χ3n) is 4.39. The van der Waals surface area contributed by atoms with Gasteiger partial charge < -0.3 is 10.1 Å². The van der Waals surface area contributed by atoms with E-state index in [1.165, 1.54) is 36.8 Å². The molecule has 0 fully saturated rings. The number of carbonyl (C=O) groups is 1. The standard InChI is InChI=1S/C23H23NO4S/c1-18(25)28-21-9-13-23(14-10-21)29(26,27)22-11-7-19(8-12-22)15-16-24-17-20-5-3-2-4-6-20/h2-14,24H,15-17H2,1H3. The van der Waals surface area contributed by atoms with Gasteiger partial charge in [0.05, 0.1) is 9.79 Å². The first-order valence-electron chi connectivity index (χ1n) is 9.32. The van der Waals surface area contributed by atoms with Crippen LogP contribution in [0.25, 0.3) is 0 Å². The predicted octanol–water partition coefficient (Wildman–Crippen LogP) is 3.78. The van der Waals surface area contributed by atoms with Gasteiger partial charge in [-0.15, -0.1) is 0 Å². The molecular formula is C23H23NO4S. The molecular weight excluding hydrogens is 386 g/mol. The second-order valence-electron chi connectivity index (χ2n) is 6.62. The maximum absolute atomic E-state index is 12.8. The number of hydrogen-bond donors (Lipinski definition) is 1. The quantitative estimate of drug-likeness (QED) is 0.348. The number of carbonyl (C=O) groups excluding carboxylic acids is 1. The molecule has 0 saturated heterocycles. The van der Waals surface area contributed by atoms with Crippen molar-refractivity contribution in [1.82, 2.24) is 5.32 Å². The summed E-state index contributed by atoms with van der Waals surface area (Å²) in [6.07, 6.45) is 0.810. The average molecular weight is 410 g/mol. The minimum atomic E-state index is -3.62. The van der Waals surface area contributed by atoms with Gasteiger partial charge in [-0.25, -0.2) is 8.42 Å². The van der Waals surface area contributed by atoms with Crippen LogP contribution in [0.3, 0.4) is 0 Å². The molecule has 3 aromatic carbocycles. The van der Waals surface area contributed by atoms with E-state index in [2.05, 4.69) is 17.4 Å². The molecule has 6 heteroatoms. The average Bonchev–Trinajstić information content (AvgIpc) is 2.72. The number of sulfone groups is 1. The summed E-state index contributed by atoms with van der Waals surface area (Å²) < 4.78 is 30.5. The van der Waals surface area contributed by atoms with Gasteiger partial charge in [-0.05, 0) is 60.5 Å². The molecule has 0 heterocycles. The van der Waals surface area contributed by atoms with E-state index in [1.54, 1.807) is 12.1 Å². The molecule has 0 atom stereocenters. The lowest BCUT2D eigenvalue weighted by molar-refractivity contribution is -0.131. The Balaban J connectivity index is 1.59. The summed E-state index contributed by atoms with van der Waals surface area (Å²) in [7, 11) is -3.62. The van der Waals surface area contributed by atoms with E-state index < -0.39 is 15.8 Å². The summed E-state index contributed by atoms with van der Waals surface area (Å²) in [5.41, 5.74) is 2.29. The summed E-state index contributed by atoms with van der Waals surface area (Å²) >= 11 is 0. The van der Waals surface area contributed by atoms with Crippen LogP contribution in [0, 0.1) is 0 Å². The number of nitrogens with one attached hydrogen (secondary N) is 1. The van der Waals surface area contributed by atoms with Gasteiger partial charge in [0.15, 0.2) is 0 Å². The van der Waals surface area contributed by atoms with Crippen molar-refractivity contribution in [3.05, 3.63) is 90.0 Å². The van der Waals surface area contributed by atoms with E-state index in [9.17, 15) is 13.2 Å². The van der Waals surface area contributed by atoms with Gasteiger partial charge in [0.25, 0.3) is 0 Å². The van der Waals surface area contributed by atoms with Gasteiger partial charge in [0, 0.05) is 13.5 Å². The fraction of sp³-hybridized carbons (Fsp3) is 0.174. The molecule has 0 saturated carbocycles. The van der Waals surface area contributed by atoms with E-state index in [1.807, 2.05) is 30.3 Å². The Kier molecular flexibility index (Phi) is 6.80. The van der Waals surface area contributed by atoms with Crippen LogP contribution in [0.15, 0.2) is 88.7 Å². The van der Waals surface area contributed by atoms with Gasteiger partial charge in [-0.3, -0.25) is 4.79 Å². The number of ether oxygens (including phenoxy) is 1. The maximum Gasteiger partial charge on any atom is 0.308 e. The highest BCUT2D eigenvalue weighted by Gasteiger charge is 2.17. The highest BCUT2D eigenvalue weighted by atomic mass is 32.2. The third-order valence-corrected chi connectivity index (χ3v) is 6.18. The van der Waals surface area contributed by atoms with Gasteiger partial charge >= 0.3 is 5.97 Å². The molecule has 1 N–H and O–H groups in total. The summed E-state index contributed by atoms with van der Waals surface area (Å²) in [6, 6.07) is 22.9. The molecule has 0 amide bonds. The molecule has 3 rings (SSSR count). The summed E-state index contributed by atoms with van der Waals surface area (Å²) in [5.74, 6) is -0.135. The zero-order valence-corrected chi connectivity index (χ0v) is 17.0. The summed E-state index contributed by atoms with van der Waals surface area (Å²) in [5, 5.41) is 3.39. The zero-order chi connectivity index (χ0) is 20.7. The second-order valence-corrected chi connectivity index (χ2v) is 8.57. The predicted molar refractivity (Wildman–Crippen MR) is 111 cm³/mol. The molecule has 29 heavy (non-hydrogen) atoms. The van der Waals surface area contributed by atoms with Crippen molar-refractivity contribution >= 4 is 15.8 Å². The summed E-state index contributed by atoms with van der Waals surface area (Å²) in [6.45, 7) is 2.90. The van der Waals surface area contributed by atoms with Crippen molar-refractivity contribution in [3.63, 3.8) is 0 Å². The highest BCUT2D eigenvalue weighted by molar-refractivity contribution is 7.91. The number of rotatable bonds is 8. The van der Waals surface area contributed by atoms with Crippen LogP contribution in [0.1, 0.15) is 18.1 Å². The SMILES string of the molecule is CC(=O)Oc1ccc(S(=O)(=O)c2ccc(CCNCc3ccccc3)cc2)cc1. The van der Waals surface area contributed by atoms with Crippen molar-refractivity contribution in [2.45, 2.75) is 29.7 Å². The maximum atomic E-state index is 12.8. The van der Waals surface area contributed by atoms with Crippen molar-refractivity contribution in [2.24, 2.45) is 0 Å². The van der Waals surface area contributed by atoms with Crippen molar-refractivity contribution in [3.8, 4) is 5.75 Å². The molecule has 150 valence electrons. The fourth-order valence-corrected chi connectivity index (χ4v) is 4.15. The Labute approximate surface area is 171 Å². The smallest absolute Gasteiger partial charge is 0.308 e. The Morgan fingerprint density at radius 1 is 0.828 bits per heavy atom. The summed E-state index contributed by atoms with van der Waals surface area (Å²) in [4.78, 5) is 11.4. The molecule has 3 aromatic rings. The second kappa shape index (κ2) is 9.49. The molecule has 0 aliphatic heterocycles. The van der Waals surface area contributed by atoms with Crippen LogP contribution in [0.2, 0.25) is 0 Å². The Hall–Kier alpha value is -2.96. The molecule has 0 unspecified atom stereocenters. The molecule has 0 spiro atoms. The monoisotopic (exact) mass is 409 g/mol. The zero-order valence-electron chi connectivity index (χ0n) is 16.2. The van der Waals surface area contributed by atoms with E-state index in [0.717, 1.165) is 25.1 Å². The highest BCUT2D eigenvalue weighted by Crippen LogP contribution is 2.23. The van der Waals surface area contributed by atoms with Crippen molar-refractivity contribution in [2.75, 3.05) is 6.54 Å². The van der Waals surface area contributed by atoms with Crippen LogP contribution in [0.4, 0.5) is 0 Å². The van der Waals surface area contributed by atoms with Crippen LogP contribution in [-0.4, -0.2) is 20.9 Å². The first kappa shape index (κ1) is 20.8. The van der Waals surface area contributed by atoms with Gasteiger partial charge in [0.2, 0.25) is 9.84 Å². The Bertz CT molecular complexity index is 1040. The largest absolute Gasteiger partial charge is 0.427 e. The van der Waals surface area contributed by atoms with Gasteiger partial charge in [-0.2, -0.15) is 0 Å². The molecule has 0 bridgehead atoms. The molecule has 5 nitrogen and oxygen atoms in total. The fourth-order valence-electron chi connectivity index (χ4n) is 2.89. The van der Waals surface area contributed by atoms with E-state index in [-0.39, 0.29) is 9.79 Å². The topological polar surface area (TPSA) is 72.5 Å². The molecule has 0 aliphatic rings. The number of hydrogen-bond acceptors (Lipinski definition) is 5. The Morgan fingerprint density at radius 2 is 1.41 bits per heavy atom. The van der Waals surface area contributed by atoms with Crippen LogP contribution < -0.4 is 10.1 Å². The first-order chi connectivity index (χ1) is 13.9. The number of benzene rings is 3. The van der Waals surface area contributed by atoms with Crippen LogP contribution >= 0.6 is 0 Å². The Morgan fingerprint density at radius 3 is 2.00 bits per heavy atom. The molecule has 0 aromatic heterocycles. The minimum Gasteiger partial charge on any atom is -0.427 e. The molecule has 0 radical (unpaired) electrons. The number of esters is 1. The van der Waals surface area contributed by atoms with E-state index in [0.29, 0.717) is 5.75 Å². The third kappa shape index (κ3) is 5.76. The first-order valence-corrected chi connectivity index (χ1v) is 10.8. The normalized spacial score (nSPS) is 11.2. The van der Waals surface area contributed by atoms with Crippen molar-refractivity contribution in [1.29, 1.82) is 0 Å².